The van der Waals surface area contributed by atoms with Crippen LogP contribution in [-0.2, 0) is 12.8 Å². The molecule has 0 unspecified atom stereocenters. The number of hydrazone groups is 1. The largest absolute Gasteiger partial charge is 0.292 e. The second kappa shape index (κ2) is 7.55. The maximum Gasteiger partial charge on any atom is 0.292 e. The first-order chi connectivity index (χ1) is 13.1. The number of nitrogens with one attached hydrogen (secondary N) is 1. The number of hydrogen-bond donors (Lipinski definition) is 1. The first-order valence-corrected chi connectivity index (χ1v) is 9.34. The molecule has 0 bridgehead atoms. The van der Waals surface area contributed by atoms with Gasteiger partial charge in [-0.3, -0.25) is 4.79 Å². The second-order valence-corrected chi connectivity index (χ2v) is 7.08. The Bertz CT molecular complexity index is 1030. The Balaban J connectivity index is 1.57. The Morgan fingerprint density at radius 2 is 1.96 bits per heavy atom. The molecule has 0 fully saturated rings. The standard InChI is InChI=1S/C20H16Cl2N4O/c21-14-10-9-13(17(22)11-14)12-23-24-20(27)19-16-7-4-8-18(16)26(25-19)15-5-2-1-3-6-15/h1-3,5-6,9-12H,4,7-8H2,(H,24,27)/b23-12+. The van der Waals surface area contributed by atoms with E-state index in [9.17, 15) is 4.79 Å². The minimum Gasteiger partial charge on any atom is -0.265 e. The van der Waals surface area contributed by atoms with Gasteiger partial charge in [-0.2, -0.15) is 10.2 Å². The lowest BCUT2D eigenvalue weighted by molar-refractivity contribution is 0.0949. The van der Waals surface area contributed by atoms with Crippen LogP contribution in [-0.4, -0.2) is 21.9 Å². The van der Waals surface area contributed by atoms with Crippen molar-refractivity contribution < 1.29 is 4.79 Å². The van der Waals surface area contributed by atoms with E-state index in [2.05, 4.69) is 15.6 Å². The number of fused-ring (bicyclic) bond motifs is 1. The molecule has 1 amide bonds. The summed E-state index contributed by atoms with van der Waals surface area (Å²) in [5.41, 5.74) is 6.68. The number of para-hydroxylation sites is 1. The van der Waals surface area contributed by atoms with E-state index in [0.717, 1.165) is 36.2 Å². The van der Waals surface area contributed by atoms with Gasteiger partial charge in [-0.15, -0.1) is 0 Å². The summed E-state index contributed by atoms with van der Waals surface area (Å²) in [5.74, 6) is -0.329. The van der Waals surface area contributed by atoms with Gasteiger partial charge in [0, 0.05) is 21.8 Å². The number of halogens is 2. The fourth-order valence-electron chi connectivity index (χ4n) is 3.22. The summed E-state index contributed by atoms with van der Waals surface area (Å²) in [6, 6.07) is 14.9. The molecule has 7 heteroatoms. The molecule has 0 aliphatic heterocycles. The fourth-order valence-corrected chi connectivity index (χ4v) is 3.68. The molecule has 1 aromatic heterocycles. The number of rotatable bonds is 4. The molecule has 0 atom stereocenters. The Kier molecular flexibility index (Phi) is 4.97. The highest BCUT2D eigenvalue weighted by Gasteiger charge is 2.26. The minimum absolute atomic E-state index is 0.329. The van der Waals surface area contributed by atoms with E-state index in [1.54, 1.807) is 18.2 Å². The molecule has 3 aromatic rings. The van der Waals surface area contributed by atoms with Gasteiger partial charge in [-0.1, -0.05) is 47.5 Å². The monoisotopic (exact) mass is 398 g/mol. The zero-order valence-electron chi connectivity index (χ0n) is 14.3. The highest BCUT2D eigenvalue weighted by molar-refractivity contribution is 6.36. The number of hydrogen-bond acceptors (Lipinski definition) is 3. The summed E-state index contributed by atoms with van der Waals surface area (Å²) >= 11 is 12.0. The second-order valence-electron chi connectivity index (χ2n) is 6.24. The number of benzene rings is 2. The predicted octanol–water partition coefficient (Wildman–Crippen LogP) is 4.43. The Labute approximate surface area is 166 Å². The van der Waals surface area contributed by atoms with Gasteiger partial charge in [0.15, 0.2) is 5.69 Å². The van der Waals surface area contributed by atoms with Crippen molar-refractivity contribution in [3.63, 3.8) is 0 Å². The van der Waals surface area contributed by atoms with Crippen LogP contribution in [0.3, 0.4) is 0 Å². The van der Waals surface area contributed by atoms with E-state index in [4.69, 9.17) is 23.2 Å². The lowest BCUT2D eigenvalue weighted by Crippen LogP contribution is -2.20. The smallest absolute Gasteiger partial charge is 0.265 e. The third-order valence-corrected chi connectivity index (χ3v) is 5.04. The fraction of sp³-hybridized carbons (Fsp3) is 0.150. The van der Waals surface area contributed by atoms with Crippen molar-refractivity contribution in [2.75, 3.05) is 0 Å². The molecule has 0 saturated carbocycles. The van der Waals surface area contributed by atoms with Crippen LogP contribution in [0, 0.1) is 0 Å². The van der Waals surface area contributed by atoms with Crippen molar-refractivity contribution >= 4 is 35.3 Å². The van der Waals surface area contributed by atoms with Gasteiger partial charge in [0.1, 0.15) is 0 Å². The van der Waals surface area contributed by atoms with Gasteiger partial charge in [-0.05, 0) is 43.5 Å². The molecule has 4 rings (SSSR count). The van der Waals surface area contributed by atoms with Crippen LogP contribution in [0.4, 0.5) is 0 Å². The van der Waals surface area contributed by atoms with Crippen LogP contribution in [0.2, 0.25) is 10.0 Å². The van der Waals surface area contributed by atoms with Crippen LogP contribution >= 0.6 is 23.2 Å². The molecule has 0 spiro atoms. The number of nitrogens with zero attached hydrogens (tertiary/aromatic N) is 3. The summed E-state index contributed by atoms with van der Waals surface area (Å²) in [6.45, 7) is 0. The maximum atomic E-state index is 12.6. The molecule has 1 aliphatic carbocycles. The van der Waals surface area contributed by atoms with Crippen LogP contribution < -0.4 is 5.43 Å². The van der Waals surface area contributed by atoms with Gasteiger partial charge in [0.25, 0.3) is 5.91 Å². The number of aromatic nitrogens is 2. The third-order valence-electron chi connectivity index (χ3n) is 4.48. The quantitative estimate of drug-likeness (QED) is 0.521. The lowest BCUT2D eigenvalue weighted by Gasteiger charge is -2.04. The summed E-state index contributed by atoms with van der Waals surface area (Å²) in [4.78, 5) is 12.6. The lowest BCUT2D eigenvalue weighted by atomic mass is 10.2. The summed E-state index contributed by atoms with van der Waals surface area (Å²) in [5, 5.41) is 9.57. The molecule has 1 aliphatic rings. The van der Waals surface area contributed by atoms with Crippen molar-refractivity contribution in [2.45, 2.75) is 19.3 Å². The van der Waals surface area contributed by atoms with E-state index >= 15 is 0 Å². The number of amides is 1. The Morgan fingerprint density at radius 3 is 2.74 bits per heavy atom. The first kappa shape index (κ1) is 17.8. The van der Waals surface area contributed by atoms with Crippen molar-refractivity contribution in [3.8, 4) is 5.69 Å². The third kappa shape index (κ3) is 3.61. The molecule has 27 heavy (non-hydrogen) atoms. The van der Waals surface area contributed by atoms with Gasteiger partial charge in [0.05, 0.1) is 16.9 Å². The van der Waals surface area contributed by atoms with Crippen LogP contribution in [0.1, 0.15) is 33.7 Å². The summed E-state index contributed by atoms with van der Waals surface area (Å²) in [6.07, 6.45) is 4.26. The minimum atomic E-state index is -0.329. The van der Waals surface area contributed by atoms with Crippen molar-refractivity contribution in [3.05, 3.63) is 81.1 Å². The first-order valence-electron chi connectivity index (χ1n) is 8.58. The van der Waals surface area contributed by atoms with E-state index in [-0.39, 0.29) is 5.91 Å². The topological polar surface area (TPSA) is 59.3 Å². The normalized spacial score (nSPS) is 13.1. The number of carbonyl (C=O) groups is 1. The highest BCUT2D eigenvalue weighted by atomic mass is 35.5. The summed E-state index contributed by atoms with van der Waals surface area (Å²) in [7, 11) is 0. The molecular weight excluding hydrogens is 383 g/mol. The zero-order valence-corrected chi connectivity index (χ0v) is 15.8. The SMILES string of the molecule is O=C(N/N=C/c1ccc(Cl)cc1Cl)c1nn(-c2ccccc2)c2c1CCC2. The van der Waals surface area contributed by atoms with Gasteiger partial charge >= 0.3 is 0 Å². The molecule has 2 aromatic carbocycles. The zero-order chi connectivity index (χ0) is 18.8. The molecule has 0 radical (unpaired) electrons. The van der Waals surface area contributed by atoms with Crippen molar-refractivity contribution in [1.82, 2.24) is 15.2 Å². The van der Waals surface area contributed by atoms with Crippen LogP contribution in [0.15, 0.2) is 53.6 Å². The van der Waals surface area contributed by atoms with E-state index in [0.29, 0.717) is 21.3 Å². The molecule has 1 N–H and O–H groups in total. The van der Waals surface area contributed by atoms with Crippen LogP contribution in [0.5, 0.6) is 0 Å². The molecular formula is C20H16Cl2N4O. The van der Waals surface area contributed by atoms with Gasteiger partial charge in [-0.25, -0.2) is 10.1 Å². The van der Waals surface area contributed by atoms with Gasteiger partial charge in [0.2, 0.25) is 0 Å². The molecule has 1 heterocycles. The average Bonchev–Trinajstić information content (AvgIpc) is 3.26. The number of carbonyl (C=O) groups excluding carboxylic acids is 1. The Hall–Kier alpha value is -2.63. The molecule has 136 valence electrons. The Morgan fingerprint density at radius 1 is 1.15 bits per heavy atom. The predicted molar refractivity (Wildman–Crippen MR) is 107 cm³/mol. The average molecular weight is 399 g/mol. The van der Waals surface area contributed by atoms with Crippen molar-refractivity contribution in [1.29, 1.82) is 0 Å². The molecule has 0 saturated heterocycles. The molecule has 5 nitrogen and oxygen atoms in total. The van der Waals surface area contributed by atoms with E-state index in [1.807, 2.05) is 35.0 Å². The summed E-state index contributed by atoms with van der Waals surface area (Å²) < 4.78 is 1.86. The van der Waals surface area contributed by atoms with E-state index < -0.39 is 0 Å². The maximum absolute atomic E-state index is 12.6. The van der Waals surface area contributed by atoms with Crippen molar-refractivity contribution in [2.24, 2.45) is 5.10 Å². The van der Waals surface area contributed by atoms with Gasteiger partial charge < -0.3 is 0 Å². The van der Waals surface area contributed by atoms with Crippen LogP contribution in [0.25, 0.3) is 5.69 Å². The van der Waals surface area contributed by atoms with E-state index in [1.165, 1.54) is 6.21 Å². The highest BCUT2D eigenvalue weighted by Crippen LogP contribution is 2.27.